The number of nitrogens with one attached hydrogen (secondary N) is 3. The number of aryl methyl sites for hydroxylation is 4. The summed E-state index contributed by atoms with van der Waals surface area (Å²) >= 11 is 0. The van der Waals surface area contributed by atoms with E-state index in [4.69, 9.17) is 9.98 Å². The molecule has 3 N–H and O–H groups in total. The Bertz CT molecular complexity index is 2630. The Morgan fingerprint density at radius 1 is 0.658 bits per heavy atom. The predicted molar refractivity (Wildman–Crippen MR) is 294 cm³/mol. The first-order valence-electron chi connectivity index (χ1n) is 26.8. The van der Waals surface area contributed by atoms with Gasteiger partial charge in [-0.05, 0) is 155 Å². The number of carbonyl (C=O) groups excluding carboxylic acids is 3. The molecule has 15 nitrogen and oxygen atoms in total. The maximum absolute atomic E-state index is 13.2. The minimum Gasteiger partial charge on any atom is -0.342 e. The lowest BCUT2D eigenvalue weighted by Crippen LogP contribution is -2.50. The Morgan fingerprint density at radius 2 is 1.00 bits per heavy atom. The standard InChI is InChI=1S/C28H40N4O4S.C26H38N4O3S.C2H6/c1-19-6-8-24(9-7-19)26-29-27(34)28(30-26)11-13-32(14-12-28)37(35,36)15-10-25-20(2)16-23(17-21(25)3)18-31(5)22(4)33;1-18-5-7-22(8-6-18)24-28-25(31)26(29-24)10-12-30(13-11-26)34(32,33)14-9-23-19(2)15-21(17-27-4)16-20(23)3;1-2/h10,15-17,19,24H,6-9,11-14,18H2,1-5H3,(H,29,30,34);9,14-16,18,22,27H,5-8,10-13,17H2,1-4H3,(H,28,29,31);1-2H3/b15-10+;14-9+;. The molecule has 2 aromatic carbocycles. The Hall–Kier alpha value is -4.55. The van der Waals surface area contributed by atoms with Gasteiger partial charge in [0.15, 0.2) is 0 Å². The largest absolute Gasteiger partial charge is 0.342 e. The average Bonchev–Trinajstić information content (AvgIpc) is 3.83. The Labute approximate surface area is 437 Å². The van der Waals surface area contributed by atoms with Gasteiger partial charge in [-0.3, -0.25) is 24.4 Å². The fourth-order valence-corrected chi connectivity index (χ4v) is 13.7. The van der Waals surface area contributed by atoms with Crippen molar-refractivity contribution in [1.82, 2.24) is 29.5 Å². The van der Waals surface area contributed by atoms with Crippen molar-refractivity contribution in [3.8, 4) is 0 Å². The van der Waals surface area contributed by atoms with Crippen LogP contribution in [-0.2, 0) is 47.5 Å². The molecule has 3 amide bonds. The average molecular weight is 1050 g/mol. The molecule has 2 aromatic rings. The number of amidine groups is 2. The molecule has 6 aliphatic rings. The molecular weight excluding hydrogens is 961 g/mol. The molecule has 8 rings (SSSR count). The van der Waals surface area contributed by atoms with Gasteiger partial charge in [-0.15, -0.1) is 0 Å². The molecule has 0 atom stereocenters. The summed E-state index contributed by atoms with van der Waals surface area (Å²) in [5, 5.41) is 11.8. The second kappa shape index (κ2) is 24.4. The van der Waals surface area contributed by atoms with Crippen molar-refractivity contribution in [2.45, 2.75) is 164 Å². The summed E-state index contributed by atoms with van der Waals surface area (Å²) in [6.07, 6.45) is 13.9. The molecule has 0 bridgehead atoms. The summed E-state index contributed by atoms with van der Waals surface area (Å²) in [6.45, 7) is 20.4. The van der Waals surface area contributed by atoms with Crippen LogP contribution in [0.1, 0.15) is 156 Å². The van der Waals surface area contributed by atoms with Crippen molar-refractivity contribution in [3.63, 3.8) is 0 Å². The Morgan fingerprint density at radius 3 is 1.33 bits per heavy atom. The van der Waals surface area contributed by atoms with E-state index in [0.29, 0.717) is 57.2 Å². The molecule has 2 saturated heterocycles. The van der Waals surface area contributed by atoms with E-state index < -0.39 is 31.1 Å². The highest BCUT2D eigenvalue weighted by atomic mass is 32.2. The number of sulfonamides is 2. The fraction of sp³-hybridized carbons (Fsp3) is 0.625. The van der Waals surface area contributed by atoms with Gasteiger partial charge in [0.2, 0.25) is 26.0 Å². The van der Waals surface area contributed by atoms with Gasteiger partial charge in [0.1, 0.15) is 22.7 Å². The SMILES string of the molecule is CC.CC(=O)N(C)Cc1cc(C)c(/C=C/S(=O)(=O)N2CCC3(CC2)N=C(C2CCC(C)CC2)NC3=O)c(C)c1.CNCc1cc(C)c(/C=C/S(=O)(=O)N2CCC3(CC2)N=C(C2CCC(C)CC2)NC3=O)c(C)c1. The molecule has 73 heavy (non-hydrogen) atoms. The molecule has 0 aromatic heterocycles. The normalized spacial score (nSPS) is 24.4. The van der Waals surface area contributed by atoms with Crippen LogP contribution in [0.5, 0.6) is 0 Å². The lowest BCUT2D eigenvalue weighted by Gasteiger charge is -2.34. The first-order valence-corrected chi connectivity index (χ1v) is 29.8. The second-order valence-corrected chi connectivity index (χ2v) is 25.2. The molecule has 4 heterocycles. The van der Waals surface area contributed by atoms with Crippen LogP contribution in [0, 0.1) is 51.4 Å². The number of carbonyl (C=O) groups is 3. The fourth-order valence-electron chi connectivity index (χ4n) is 11.4. The van der Waals surface area contributed by atoms with Crippen LogP contribution in [0.15, 0.2) is 45.1 Å². The number of amides is 3. The van der Waals surface area contributed by atoms with Crippen LogP contribution in [0.4, 0.5) is 0 Å². The molecule has 17 heteroatoms. The highest BCUT2D eigenvalue weighted by Crippen LogP contribution is 2.38. The minimum atomic E-state index is -3.64. The van der Waals surface area contributed by atoms with Crippen LogP contribution >= 0.6 is 0 Å². The van der Waals surface area contributed by atoms with E-state index in [1.807, 2.05) is 60.7 Å². The summed E-state index contributed by atoms with van der Waals surface area (Å²) in [4.78, 5) is 48.7. The van der Waals surface area contributed by atoms with E-state index in [-0.39, 0.29) is 30.8 Å². The van der Waals surface area contributed by atoms with Gasteiger partial charge in [-0.1, -0.05) is 77.6 Å². The molecule has 2 spiro atoms. The van der Waals surface area contributed by atoms with E-state index in [9.17, 15) is 31.2 Å². The first kappa shape index (κ1) is 57.7. The lowest BCUT2D eigenvalue weighted by molar-refractivity contribution is -0.128. The number of benzene rings is 2. The van der Waals surface area contributed by atoms with Crippen LogP contribution in [-0.4, -0.2) is 111 Å². The van der Waals surface area contributed by atoms with Crippen molar-refractivity contribution >= 4 is 61.6 Å². The van der Waals surface area contributed by atoms with Crippen LogP contribution in [0.25, 0.3) is 12.2 Å². The summed E-state index contributed by atoms with van der Waals surface area (Å²) in [7, 11) is -3.55. The predicted octanol–water partition coefficient (Wildman–Crippen LogP) is 8.31. The Balaban J connectivity index is 0.000000231. The lowest BCUT2D eigenvalue weighted by atomic mass is 9.82. The summed E-state index contributed by atoms with van der Waals surface area (Å²) in [6, 6.07) is 8.15. The zero-order valence-corrected chi connectivity index (χ0v) is 47.2. The zero-order valence-electron chi connectivity index (χ0n) is 45.6. The van der Waals surface area contributed by atoms with Gasteiger partial charge in [0.25, 0.3) is 11.8 Å². The van der Waals surface area contributed by atoms with Crippen LogP contribution in [0.2, 0.25) is 0 Å². The highest BCUT2D eigenvalue weighted by molar-refractivity contribution is 7.92. The van der Waals surface area contributed by atoms with Crippen LogP contribution in [0.3, 0.4) is 0 Å². The van der Waals surface area contributed by atoms with E-state index in [1.165, 1.54) is 44.8 Å². The van der Waals surface area contributed by atoms with Crippen molar-refractivity contribution in [2.24, 2.45) is 33.7 Å². The van der Waals surface area contributed by atoms with Gasteiger partial charge in [0, 0.05) is 75.9 Å². The third kappa shape index (κ3) is 13.8. The maximum Gasteiger partial charge on any atom is 0.253 e. The van der Waals surface area contributed by atoms with Crippen molar-refractivity contribution in [2.75, 3.05) is 40.3 Å². The number of hydrogen-bond donors (Lipinski definition) is 3. The van der Waals surface area contributed by atoms with Crippen molar-refractivity contribution < 1.29 is 31.2 Å². The van der Waals surface area contributed by atoms with Crippen molar-refractivity contribution in [3.05, 3.63) is 79.6 Å². The highest BCUT2D eigenvalue weighted by Gasteiger charge is 2.49. The van der Waals surface area contributed by atoms with Gasteiger partial charge in [-0.2, -0.15) is 8.61 Å². The van der Waals surface area contributed by atoms with E-state index in [0.717, 1.165) is 108 Å². The number of nitrogens with zero attached hydrogens (tertiary/aromatic N) is 5. The van der Waals surface area contributed by atoms with Gasteiger partial charge in [-0.25, -0.2) is 16.8 Å². The topological polar surface area (TPSA) is 190 Å². The number of rotatable bonds is 12. The quantitative estimate of drug-likeness (QED) is 0.189. The van der Waals surface area contributed by atoms with Gasteiger partial charge < -0.3 is 20.9 Å². The zero-order chi connectivity index (χ0) is 53.5. The summed E-state index contributed by atoms with van der Waals surface area (Å²) in [5.74, 6) is 3.62. The molecule has 2 aliphatic carbocycles. The second-order valence-electron chi connectivity index (χ2n) is 21.6. The van der Waals surface area contributed by atoms with E-state index in [1.54, 1.807) is 24.1 Å². The number of aliphatic imine (C=N–C) groups is 2. The molecule has 0 unspecified atom stereocenters. The van der Waals surface area contributed by atoms with Crippen LogP contribution < -0.4 is 16.0 Å². The molecule has 4 aliphatic heterocycles. The van der Waals surface area contributed by atoms with E-state index in [2.05, 4.69) is 41.9 Å². The molecule has 402 valence electrons. The monoisotopic (exact) mass is 1040 g/mol. The minimum absolute atomic E-state index is 0.00527. The Kier molecular flexibility index (Phi) is 19.3. The van der Waals surface area contributed by atoms with Crippen molar-refractivity contribution in [1.29, 1.82) is 0 Å². The van der Waals surface area contributed by atoms with E-state index >= 15 is 0 Å². The smallest absolute Gasteiger partial charge is 0.253 e. The molecule has 2 saturated carbocycles. The molecule has 0 radical (unpaired) electrons. The molecule has 4 fully saturated rings. The van der Waals surface area contributed by atoms with Gasteiger partial charge >= 0.3 is 0 Å². The summed E-state index contributed by atoms with van der Waals surface area (Å²) in [5.41, 5.74) is 6.36. The van der Waals surface area contributed by atoms with Gasteiger partial charge in [0.05, 0.1) is 0 Å². The summed E-state index contributed by atoms with van der Waals surface area (Å²) < 4.78 is 55.4. The third-order valence-corrected chi connectivity index (χ3v) is 19.2. The third-order valence-electron chi connectivity index (χ3n) is 16.1. The maximum atomic E-state index is 13.2. The number of hydrogen-bond acceptors (Lipinski definition) is 10. The molecular formula is C56H84N8O7S2. The number of piperidine rings is 2. The first-order chi connectivity index (χ1) is 34.5.